The molecule has 4 rings (SSSR count). The van der Waals surface area contributed by atoms with Gasteiger partial charge in [0, 0.05) is 31.0 Å². The molecule has 3 unspecified atom stereocenters. The van der Waals surface area contributed by atoms with Gasteiger partial charge < -0.3 is 0 Å². The second-order valence-electron chi connectivity index (χ2n) is 6.44. The van der Waals surface area contributed by atoms with Crippen LogP contribution in [0.1, 0.15) is 43.2 Å². The molecule has 0 amide bonds. The summed E-state index contributed by atoms with van der Waals surface area (Å²) in [6.07, 6.45) is 7.80. The number of ketones is 1. The molecule has 2 heteroatoms. The Morgan fingerprint density at radius 2 is 1.47 bits per heavy atom. The van der Waals surface area contributed by atoms with E-state index in [2.05, 4.69) is 29.2 Å². The lowest BCUT2D eigenvalue weighted by molar-refractivity contribution is -0.124. The zero-order valence-electron chi connectivity index (χ0n) is 11.3. The first-order valence-corrected chi connectivity index (χ1v) is 7.67. The van der Waals surface area contributed by atoms with Crippen LogP contribution in [-0.4, -0.2) is 28.8 Å². The molecule has 0 spiro atoms. The fourth-order valence-corrected chi connectivity index (χ4v) is 4.53. The molecular formula is C17H21NO. The summed E-state index contributed by atoms with van der Waals surface area (Å²) in [5.41, 5.74) is 3.08. The molecule has 0 aromatic heterocycles. The Balaban J connectivity index is 1.57. The van der Waals surface area contributed by atoms with E-state index in [1.807, 2.05) is 0 Å². The summed E-state index contributed by atoms with van der Waals surface area (Å²) < 4.78 is 0. The van der Waals surface area contributed by atoms with Crippen LogP contribution in [0.5, 0.6) is 0 Å². The minimum absolute atomic E-state index is 0.500. The van der Waals surface area contributed by atoms with E-state index < -0.39 is 0 Å². The summed E-state index contributed by atoms with van der Waals surface area (Å²) in [7, 11) is 0. The lowest BCUT2D eigenvalue weighted by Crippen LogP contribution is -2.50. The van der Waals surface area contributed by atoms with E-state index in [1.165, 1.54) is 37.7 Å². The van der Waals surface area contributed by atoms with Gasteiger partial charge in [0.25, 0.3) is 0 Å². The first-order chi connectivity index (χ1) is 9.31. The molecule has 1 aromatic carbocycles. The van der Waals surface area contributed by atoms with Crippen molar-refractivity contribution >= 4 is 5.78 Å². The first-order valence-electron chi connectivity index (χ1n) is 7.67. The fraction of sp³-hybridized carbons (Fsp3) is 0.588. The van der Waals surface area contributed by atoms with Gasteiger partial charge in [-0.3, -0.25) is 9.69 Å². The Hall–Kier alpha value is -1.15. The predicted octanol–water partition coefficient (Wildman–Crippen LogP) is 2.74. The molecule has 2 nitrogen and oxygen atoms in total. The van der Waals surface area contributed by atoms with Crippen LogP contribution < -0.4 is 0 Å². The number of piperidine rings is 1. The molecule has 19 heavy (non-hydrogen) atoms. The van der Waals surface area contributed by atoms with Crippen molar-refractivity contribution in [1.82, 2.24) is 4.90 Å². The Kier molecular flexibility index (Phi) is 2.73. The lowest BCUT2D eigenvalue weighted by atomic mass is 9.85. The van der Waals surface area contributed by atoms with Crippen LogP contribution in [0.2, 0.25) is 0 Å². The summed E-state index contributed by atoms with van der Waals surface area (Å²) in [6.45, 7) is 0. The van der Waals surface area contributed by atoms with Gasteiger partial charge in [-0.25, -0.2) is 0 Å². The molecule has 2 aliphatic heterocycles. The third kappa shape index (κ3) is 1.93. The van der Waals surface area contributed by atoms with Crippen molar-refractivity contribution in [1.29, 1.82) is 0 Å². The number of carbonyl (C=O) groups excluding carboxylic acids is 1. The Labute approximate surface area is 114 Å². The molecule has 0 radical (unpaired) electrons. The van der Waals surface area contributed by atoms with Crippen molar-refractivity contribution < 1.29 is 4.79 Å². The summed E-state index contributed by atoms with van der Waals surface area (Å²) in [5.74, 6) is 0.500. The second-order valence-corrected chi connectivity index (χ2v) is 6.44. The second kappa shape index (κ2) is 4.45. The summed E-state index contributed by atoms with van der Waals surface area (Å²) in [6, 6.07) is 10.7. The highest BCUT2D eigenvalue weighted by Gasteiger charge is 2.43. The SMILES string of the molecule is O=C1CC2CCC(C1)N2C1CCc2ccccc2C1. The van der Waals surface area contributed by atoms with Gasteiger partial charge in [0.05, 0.1) is 0 Å². The molecule has 2 heterocycles. The average Bonchev–Trinajstić information content (AvgIpc) is 2.70. The smallest absolute Gasteiger partial charge is 0.136 e. The van der Waals surface area contributed by atoms with E-state index in [1.54, 1.807) is 5.56 Å². The molecular weight excluding hydrogens is 234 g/mol. The first kappa shape index (κ1) is 11.7. The standard InChI is InChI=1S/C17H21NO/c19-17-10-15-7-8-16(11-17)18(15)14-6-5-12-3-1-2-4-13(12)9-14/h1-4,14-16H,5-11H2. The van der Waals surface area contributed by atoms with Crippen LogP contribution in [0.3, 0.4) is 0 Å². The molecule has 3 atom stereocenters. The van der Waals surface area contributed by atoms with Crippen molar-refractivity contribution in [3.05, 3.63) is 35.4 Å². The van der Waals surface area contributed by atoms with Gasteiger partial charge in [0.1, 0.15) is 5.78 Å². The van der Waals surface area contributed by atoms with Gasteiger partial charge in [-0.05, 0) is 43.2 Å². The maximum Gasteiger partial charge on any atom is 0.136 e. The quantitative estimate of drug-likeness (QED) is 0.769. The number of benzene rings is 1. The van der Waals surface area contributed by atoms with Gasteiger partial charge in [-0.15, -0.1) is 0 Å². The Bertz CT molecular complexity index is 494. The zero-order chi connectivity index (χ0) is 12.8. The van der Waals surface area contributed by atoms with Crippen molar-refractivity contribution in [3.63, 3.8) is 0 Å². The van der Waals surface area contributed by atoms with Crippen molar-refractivity contribution in [2.75, 3.05) is 0 Å². The van der Waals surface area contributed by atoms with Gasteiger partial charge in [0.2, 0.25) is 0 Å². The molecule has 1 aromatic rings. The Morgan fingerprint density at radius 1 is 0.842 bits per heavy atom. The number of rotatable bonds is 1. The van der Waals surface area contributed by atoms with E-state index >= 15 is 0 Å². The predicted molar refractivity (Wildman–Crippen MR) is 75.1 cm³/mol. The zero-order valence-corrected chi connectivity index (χ0v) is 11.3. The minimum Gasteiger partial charge on any atom is -0.300 e. The van der Waals surface area contributed by atoms with Crippen LogP contribution in [0.15, 0.2) is 24.3 Å². The number of fused-ring (bicyclic) bond motifs is 3. The van der Waals surface area contributed by atoms with E-state index in [0.29, 0.717) is 23.9 Å². The lowest BCUT2D eigenvalue weighted by Gasteiger charge is -2.42. The largest absolute Gasteiger partial charge is 0.300 e. The molecule has 100 valence electrons. The van der Waals surface area contributed by atoms with Gasteiger partial charge in [-0.2, -0.15) is 0 Å². The molecule has 2 saturated heterocycles. The minimum atomic E-state index is 0.500. The number of hydrogen-bond donors (Lipinski definition) is 0. The average molecular weight is 255 g/mol. The van der Waals surface area contributed by atoms with Crippen molar-refractivity contribution in [3.8, 4) is 0 Å². The molecule has 1 aliphatic carbocycles. The van der Waals surface area contributed by atoms with Crippen LogP contribution in [-0.2, 0) is 17.6 Å². The highest BCUT2D eigenvalue weighted by atomic mass is 16.1. The van der Waals surface area contributed by atoms with E-state index in [9.17, 15) is 4.79 Å². The van der Waals surface area contributed by atoms with E-state index in [-0.39, 0.29) is 0 Å². The van der Waals surface area contributed by atoms with Gasteiger partial charge in [0.15, 0.2) is 0 Å². The maximum atomic E-state index is 11.7. The van der Waals surface area contributed by atoms with Crippen LogP contribution in [0.25, 0.3) is 0 Å². The van der Waals surface area contributed by atoms with Gasteiger partial charge >= 0.3 is 0 Å². The maximum absolute atomic E-state index is 11.7. The van der Waals surface area contributed by atoms with Crippen LogP contribution in [0, 0.1) is 0 Å². The summed E-state index contributed by atoms with van der Waals surface area (Å²) >= 11 is 0. The molecule has 2 bridgehead atoms. The third-order valence-electron chi connectivity index (χ3n) is 5.35. The molecule has 0 saturated carbocycles. The number of aryl methyl sites for hydroxylation is 1. The normalized spacial score (nSPS) is 34.3. The number of carbonyl (C=O) groups is 1. The molecule has 0 N–H and O–H groups in total. The van der Waals surface area contributed by atoms with Crippen LogP contribution in [0.4, 0.5) is 0 Å². The monoisotopic (exact) mass is 255 g/mol. The Morgan fingerprint density at radius 3 is 2.21 bits per heavy atom. The summed E-state index contributed by atoms with van der Waals surface area (Å²) in [5, 5.41) is 0. The van der Waals surface area contributed by atoms with E-state index in [0.717, 1.165) is 12.8 Å². The highest BCUT2D eigenvalue weighted by molar-refractivity contribution is 5.81. The van der Waals surface area contributed by atoms with Crippen molar-refractivity contribution in [2.24, 2.45) is 0 Å². The topological polar surface area (TPSA) is 20.3 Å². The fourth-order valence-electron chi connectivity index (χ4n) is 4.53. The third-order valence-corrected chi connectivity index (χ3v) is 5.35. The van der Waals surface area contributed by atoms with Gasteiger partial charge in [-0.1, -0.05) is 24.3 Å². The number of nitrogens with zero attached hydrogens (tertiary/aromatic N) is 1. The van der Waals surface area contributed by atoms with E-state index in [4.69, 9.17) is 0 Å². The number of Topliss-reactive ketones (excluding diaryl/α,β-unsaturated/α-hetero) is 1. The molecule has 2 fully saturated rings. The number of hydrogen-bond acceptors (Lipinski definition) is 2. The van der Waals surface area contributed by atoms with Crippen LogP contribution >= 0.6 is 0 Å². The summed E-state index contributed by atoms with van der Waals surface area (Å²) in [4.78, 5) is 14.4. The molecule has 3 aliphatic rings. The highest BCUT2D eigenvalue weighted by Crippen LogP contribution is 2.38. The van der Waals surface area contributed by atoms with Crippen molar-refractivity contribution in [2.45, 2.75) is 63.1 Å².